The Morgan fingerprint density at radius 2 is 1.95 bits per heavy atom. The van der Waals surface area contributed by atoms with Gasteiger partial charge in [-0.15, -0.1) is 10.2 Å². The minimum Gasteiger partial charge on any atom is -0.369 e. The second kappa shape index (κ2) is 6.29. The van der Waals surface area contributed by atoms with Crippen LogP contribution >= 0.6 is 0 Å². The zero-order chi connectivity index (χ0) is 13.7. The fraction of sp³-hybridized carbons (Fsp3) is 0.333. The van der Waals surface area contributed by atoms with Crippen LogP contribution < -0.4 is 11.1 Å². The Kier molecular flexibility index (Phi) is 4.47. The summed E-state index contributed by atoms with van der Waals surface area (Å²) in [4.78, 5) is 0. The first kappa shape index (κ1) is 13.5. The van der Waals surface area contributed by atoms with Gasteiger partial charge < -0.3 is 11.1 Å². The van der Waals surface area contributed by atoms with E-state index in [0.717, 1.165) is 30.0 Å². The molecular weight excluding hydrogens is 236 g/mol. The van der Waals surface area contributed by atoms with Crippen molar-refractivity contribution in [3.05, 3.63) is 41.5 Å². The lowest BCUT2D eigenvalue weighted by molar-refractivity contribution is 0.864. The molecule has 3 N–H and O–H groups in total. The molecule has 0 unspecified atom stereocenters. The SMILES string of the molecule is Cc1ccc(-c2ccc(NCCCN)nn2)c(C)c1. The molecule has 0 saturated carbocycles. The summed E-state index contributed by atoms with van der Waals surface area (Å²) >= 11 is 0. The van der Waals surface area contributed by atoms with Gasteiger partial charge in [0.15, 0.2) is 0 Å². The number of nitrogens with two attached hydrogens (primary N) is 1. The van der Waals surface area contributed by atoms with Gasteiger partial charge in [-0.25, -0.2) is 0 Å². The normalized spacial score (nSPS) is 10.5. The fourth-order valence-electron chi connectivity index (χ4n) is 1.99. The molecule has 2 aromatic rings. The minimum atomic E-state index is 0.682. The van der Waals surface area contributed by atoms with E-state index in [9.17, 15) is 0 Å². The maximum absolute atomic E-state index is 5.45. The van der Waals surface area contributed by atoms with Crippen LogP contribution in [0.2, 0.25) is 0 Å². The maximum atomic E-state index is 5.45. The number of nitrogens with one attached hydrogen (secondary N) is 1. The van der Waals surface area contributed by atoms with Crippen molar-refractivity contribution in [1.82, 2.24) is 10.2 Å². The van der Waals surface area contributed by atoms with Crippen LogP contribution in [0.3, 0.4) is 0 Å². The van der Waals surface area contributed by atoms with Gasteiger partial charge in [0.05, 0.1) is 5.69 Å². The van der Waals surface area contributed by atoms with Gasteiger partial charge >= 0.3 is 0 Å². The van der Waals surface area contributed by atoms with Gasteiger partial charge in [0, 0.05) is 12.1 Å². The Morgan fingerprint density at radius 1 is 1.11 bits per heavy atom. The first-order valence-corrected chi connectivity index (χ1v) is 6.56. The smallest absolute Gasteiger partial charge is 0.148 e. The van der Waals surface area contributed by atoms with E-state index in [4.69, 9.17) is 5.73 Å². The number of rotatable bonds is 5. The van der Waals surface area contributed by atoms with Gasteiger partial charge in [-0.3, -0.25) is 0 Å². The van der Waals surface area contributed by atoms with Crippen molar-refractivity contribution in [3.8, 4) is 11.3 Å². The van der Waals surface area contributed by atoms with Gasteiger partial charge in [-0.1, -0.05) is 23.8 Å². The van der Waals surface area contributed by atoms with E-state index in [1.165, 1.54) is 11.1 Å². The van der Waals surface area contributed by atoms with Crippen molar-refractivity contribution in [2.24, 2.45) is 5.73 Å². The highest BCUT2D eigenvalue weighted by Gasteiger charge is 2.04. The predicted molar refractivity (Wildman–Crippen MR) is 79.1 cm³/mol. The van der Waals surface area contributed by atoms with Gasteiger partial charge in [-0.05, 0) is 44.5 Å². The van der Waals surface area contributed by atoms with Crippen molar-refractivity contribution < 1.29 is 0 Å². The molecule has 2 rings (SSSR count). The van der Waals surface area contributed by atoms with Crippen molar-refractivity contribution in [3.63, 3.8) is 0 Å². The summed E-state index contributed by atoms with van der Waals surface area (Å²) < 4.78 is 0. The summed E-state index contributed by atoms with van der Waals surface area (Å²) in [6.07, 6.45) is 0.931. The maximum Gasteiger partial charge on any atom is 0.148 e. The molecule has 1 heterocycles. The van der Waals surface area contributed by atoms with E-state index in [1.54, 1.807) is 0 Å². The number of hydrogen-bond acceptors (Lipinski definition) is 4. The van der Waals surface area contributed by atoms with Crippen LogP contribution in [0.4, 0.5) is 5.82 Å². The second-order valence-corrected chi connectivity index (χ2v) is 4.69. The van der Waals surface area contributed by atoms with E-state index in [0.29, 0.717) is 6.54 Å². The topological polar surface area (TPSA) is 63.8 Å². The quantitative estimate of drug-likeness (QED) is 0.807. The van der Waals surface area contributed by atoms with E-state index >= 15 is 0 Å². The highest BCUT2D eigenvalue weighted by molar-refractivity contribution is 5.64. The molecule has 0 aliphatic heterocycles. The van der Waals surface area contributed by atoms with E-state index < -0.39 is 0 Å². The predicted octanol–water partition coefficient (Wildman–Crippen LogP) is 2.52. The van der Waals surface area contributed by atoms with Crippen LogP contribution in [0, 0.1) is 13.8 Å². The molecule has 0 bridgehead atoms. The lowest BCUT2D eigenvalue weighted by atomic mass is 10.0. The zero-order valence-corrected chi connectivity index (χ0v) is 11.5. The van der Waals surface area contributed by atoms with Crippen molar-refractivity contribution >= 4 is 5.82 Å². The third-order valence-corrected chi connectivity index (χ3v) is 3.01. The highest BCUT2D eigenvalue weighted by atomic mass is 15.2. The minimum absolute atomic E-state index is 0.682. The molecule has 1 aromatic heterocycles. The van der Waals surface area contributed by atoms with E-state index in [-0.39, 0.29) is 0 Å². The van der Waals surface area contributed by atoms with Gasteiger partial charge in [-0.2, -0.15) is 0 Å². The molecule has 0 aliphatic carbocycles. The van der Waals surface area contributed by atoms with Crippen molar-refractivity contribution in [2.45, 2.75) is 20.3 Å². The molecule has 4 nitrogen and oxygen atoms in total. The molecule has 1 aromatic carbocycles. The van der Waals surface area contributed by atoms with Gasteiger partial charge in [0.1, 0.15) is 5.82 Å². The summed E-state index contributed by atoms with van der Waals surface area (Å²) in [5.74, 6) is 0.793. The summed E-state index contributed by atoms with van der Waals surface area (Å²) in [6, 6.07) is 10.3. The van der Waals surface area contributed by atoms with Crippen LogP contribution in [0.1, 0.15) is 17.5 Å². The lowest BCUT2D eigenvalue weighted by Gasteiger charge is -2.07. The molecule has 0 amide bonds. The highest BCUT2D eigenvalue weighted by Crippen LogP contribution is 2.22. The van der Waals surface area contributed by atoms with Crippen LogP contribution in [-0.4, -0.2) is 23.3 Å². The number of hydrogen-bond donors (Lipinski definition) is 2. The number of aryl methyl sites for hydroxylation is 2. The van der Waals surface area contributed by atoms with Crippen LogP contribution in [0.25, 0.3) is 11.3 Å². The Balaban J connectivity index is 2.13. The Morgan fingerprint density at radius 3 is 2.58 bits per heavy atom. The summed E-state index contributed by atoms with van der Waals surface area (Å²) in [5, 5.41) is 11.7. The molecule has 0 spiro atoms. The summed E-state index contributed by atoms with van der Waals surface area (Å²) in [5.41, 5.74) is 9.96. The number of anilines is 1. The van der Waals surface area contributed by atoms with Gasteiger partial charge in [0.2, 0.25) is 0 Å². The molecule has 100 valence electrons. The summed E-state index contributed by atoms with van der Waals surface area (Å²) in [7, 11) is 0. The van der Waals surface area contributed by atoms with Crippen LogP contribution in [-0.2, 0) is 0 Å². The Labute approximate surface area is 114 Å². The van der Waals surface area contributed by atoms with E-state index in [1.807, 2.05) is 12.1 Å². The Bertz CT molecular complexity index is 534. The van der Waals surface area contributed by atoms with Crippen molar-refractivity contribution in [1.29, 1.82) is 0 Å². The first-order chi connectivity index (χ1) is 9.20. The number of nitrogens with zero attached hydrogens (tertiary/aromatic N) is 2. The second-order valence-electron chi connectivity index (χ2n) is 4.69. The lowest BCUT2D eigenvalue weighted by Crippen LogP contribution is -2.09. The third-order valence-electron chi connectivity index (χ3n) is 3.01. The van der Waals surface area contributed by atoms with Crippen molar-refractivity contribution in [2.75, 3.05) is 18.4 Å². The summed E-state index contributed by atoms with van der Waals surface area (Å²) in [6.45, 7) is 5.69. The monoisotopic (exact) mass is 256 g/mol. The zero-order valence-electron chi connectivity index (χ0n) is 11.5. The van der Waals surface area contributed by atoms with Crippen LogP contribution in [0.15, 0.2) is 30.3 Å². The molecule has 4 heteroatoms. The number of aromatic nitrogens is 2. The van der Waals surface area contributed by atoms with E-state index in [2.05, 4.69) is 47.6 Å². The molecule has 0 atom stereocenters. The first-order valence-electron chi connectivity index (χ1n) is 6.56. The molecule has 0 radical (unpaired) electrons. The number of benzene rings is 1. The standard InChI is InChI=1S/C15H20N4/c1-11-4-5-13(12(2)10-11)14-6-7-15(19-18-14)17-9-3-8-16/h4-7,10H,3,8-9,16H2,1-2H3,(H,17,19). The fourth-order valence-corrected chi connectivity index (χ4v) is 1.99. The average molecular weight is 256 g/mol. The van der Waals surface area contributed by atoms with Crippen LogP contribution in [0.5, 0.6) is 0 Å². The average Bonchev–Trinajstić information content (AvgIpc) is 2.40. The molecule has 0 fully saturated rings. The third kappa shape index (κ3) is 3.51. The molecule has 0 aliphatic rings. The largest absolute Gasteiger partial charge is 0.369 e. The molecular formula is C15H20N4. The molecule has 19 heavy (non-hydrogen) atoms. The molecule has 0 saturated heterocycles. The Hall–Kier alpha value is -1.94. The van der Waals surface area contributed by atoms with Gasteiger partial charge in [0.25, 0.3) is 0 Å².